The van der Waals surface area contributed by atoms with Crippen molar-refractivity contribution in [3.8, 4) is 5.75 Å². The maximum atomic E-state index is 11.5. The minimum atomic E-state index is -0.0814. The third-order valence-corrected chi connectivity index (χ3v) is 3.16. The molecule has 0 saturated carbocycles. The molecule has 1 amide bonds. The summed E-state index contributed by atoms with van der Waals surface area (Å²) < 4.78 is 5.58. The van der Waals surface area contributed by atoms with Crippen LogP contribution < -0.4 is 15.8 Å². The number of nitrogens with one attached hydrogen (secondary N) is 1. The molecule has 3 N–H and O–H groups in total. The van der Waals surface area contributed by atoms with Crippen LogP contribution in [0.5, 0.6) is 5.75 Å². The van der Waals surface area contributed by atoms with Crippen LogP contribution in [0.2, 0.25) is 0 Å². The topological polar surface area (TPSA) is 80.0 Å². The first kappa shape index (κ1) is 17.5. The number of aliphatic imine (C=N–C) groups is 1. The Hall–Kier alpha value is -1.51. The minimum absolute atomic E-state index is 0. The molecule has 0 bridgehead atoms. The first-order valence-electron chi connectivity index (χ1n) is 6.56. The second-order valence-corrected chi connectivity index (χ2v) is 4.86. The van der Waals surface area contributed by atoms with Crippen molar-refractivity contribution in [2.24, 2.45) is 10.7 Å². The molecular formula is C14H21IN4O2. The Kier molecular flexibility index (Phi) is 6.73. The highest BCUT2D eigenvalue weighted by Gasteiger charge is 2.21. The number of amides is 1. The van der Waals surface area contributed by atoms with E-state index in [0.29, 0.717) is 6.61 Å². The first-order chi connectivity index (χ1) is 9.58. The number of hydrogen-bond acceptors (Lipinski definition) is 3. The standard InChI is InChI=1S/C14H20N4O2.HI/c1-18(2)13(19)9-16-14(15)17-11-7-8-20-12-6-4-3-5-10(11)12;/h3-6,11H,7-9H2,1-2H3,(H3,15,16,17);1H. The summed E-state index contributed by atoms with van der Waals surface area (Å²) in [6, 6.07) is 7.91. The Balaban J connectivity index is 0.00000220. The van der Waals surface area contributed by atoms with Gasteiger partial charge in [0.15, 0.2) is 5.96 Å². The number of benzene rings is 1. The average molecular weight is 404 g/mol. The van der Waals surface area contributed by atoms with E-state index in [9.17, 15) is 4.79 Å². The number of nitrogens with two attached hydrogens (primary N) is 1. The molecule has 1 aromatic carbocycles. The highest BCUT2D eigenvalue weighted by molar-refractivity contribution is 14.0. The summed E-state index contributed by atoms with van der Waals surface area (Å²) in [6.07, 6.45) is 0.814. The molecule has 0 aromatic heterocycles. The molecule has 0 saturated heterocycles. The molecule has 1 aliphatic rings. The van der Waals surface area contributed by atoms with Crippen LogP contribution in [-0.4, -0.2) is 44.0 Å². The maximum absolute atomic E-state index is 11.5. The largest absolute Gasteiger partial charge is 0.493 e. The summed E-state index contributed by atoms with van der Waals surface area (Å²) in [5, 5.41) is 3.15. The third-order valence-electron chi connectivity index (χ3n) is 3.16. The van der Waals surface area contributed by atoms with E-state index in [4.69, 9.17) is 10.5 Å². The fraction of sp³-hybridized carbons (Fsp3) is 0.429. The van der Waals surface area contributed by atoms with Gasteiger partial charge in [-0.25, -0.2) is 4.99 Å². The second kappa shape index (κ2) is 8.06. The Morgan fingerprint density at radius 3 is 2.90 bits per heavy atom. The van der Waals surface area contributed by atoms with Gasteiger partial charge in [-0.15, -0.1) is 24.0 Å². The van der Waals surface area contributed by atoms with Gasteiger partial charge in [0.25, 0.3) is 0 Å². The van der Waals surface area contributed by atoms with E-state index in [2.05, 4.69) is 10.3 Å². The molecule has 1 atom stereocenters. The number of para-hydroxylation sites is 1. The number of carbonyl (C=O) groups excluding carboxylic acids is 1. The zero-order chi connectivity index (χ0) is 14.5. The number of nitrogens with zero attached hydrogens (tertiary/aromatic N) is 2. The predicted octanol–water partition coefficient (Wildman–Crippen LogP) is 1.12. The van der Waals surface area contributed by atoms with E-state index in [0.717, 1.165) is 17.7 Å². The van der Waals surface area contributed by atoms with Crippen molar-refractivity contribution in [3.05, 3.63) is 29.8 Å². The highest BCUT2D eigenvalue weighted by atomic mass is 127. The van der Waals surface area contributed by atoms with E-state index < -0.39 is 0 Å². The first-order valence-corrected chi connectivity index (χ1v) is 6.56. The van der Waals surface area contributed by atoms with Crippen LogP contribution in [-0.2, 0) is 4.79 Å². The van der Waals surface area contributed by atoms with E-state index in [1.165, 1.54) is 4.90 Å². The zero-order valence-corrected chi connectivity index (χ0v) is 14.5. The number of rotatable bonds is 3. The lowest BCUT2D eigenvalue weighted by Gasteiger charge is -2.26. The van der Waals surface area contributed by atoms with Gasteiger partial charge < -0.3 is 20.7 Å². The fourth-order valence-corrected chi connectivity index (χ4v) is 2.01. The van der Waals surface area contributed by atoms with Gasteiger partial charge >= 0.3 is 0 Å². The molecule has 1 unspecified atom stereocenters. The molecular weight excluding hydrogens is 383 g/mol. The number of guanidine groups is 1. The Labute approximate surface area is 141 Å². The molecule has 21 heavy (non-hydrogen) atoms. The molecule has 0 spiro atoms. The summed E-state index contributed by atoms with van der Waals surface area (Å²) in [5.74, 6) is 1.07. The van der Waals surface area contributed by atoms with E-state index in [-0.39, 0.29) is 48.4 Å². The average Bonchev–Trinajstić information content (AvgIpc) is 2.45. The lowest BCUT2D eigenvalue weighted by molar-refractivity contribution is -0.127. The number of hydrogen-bond donors (Lipinski definition) is 2. The van der Waals surface area contributed by atoms with Gasteiger partial charge in [0.05, 0.1) is 12.6 Å². The van der Waals surface area contributed by atoms with Crippen LogP contribution in [0.3, 0.4) is 0 Å². The van der Waals surface area contributed by atoms with Gasteiger partial charge in [-0.3, -0.25) is 4.79 Å². The molecule has 7 heteroatoms. The van der Waals surface area contributed by atoms with Crippen molar-refractivity contribution in [2.75, 3.05) is 27.2 Å². The number of ether oxygens (including phenoxy) is 1. The highest BCUT2D eigenvalue weighted by Crippen LogP contribution is 2.31. The summed E-state index contributed by atoms with van der Waals surface area (Å²) in [7, 11) is 3.38. The molecule has 1 aliphatic heterocycles. The van der Waals surface area contributed by atoms with Crippen LogP contribution in [0.15, 0.2) is 29.3 Å². The van der Waals surface area contributed by atoms with Crippen molar-refractivity contribution in [3.63, 3.8) is 0 Å². The molecule has 1 heterocycles. The van der Waals surface area contributed by atoms with Crippen LogP contribution in [0.25, 0.3) is 0 Å². The zero-order valence-electron chi connectivity index (χ0n) is 12.2. The molecule has 2 rings (SSSR count). The summed E-state index contributed by atoms with van der Waals surface area (Å²) in [6.45, 7) is 0.690. The summed E-state index contributed by atoms with van der Waals surface area (Å²) >= 11 is 0. The predicted molar refractivity (Wildman–Crippen MR) is 93.0 cm³/mol. The molecule has 0 aliphatic carbocycles. The van der Waals surface area contributed by atoms with Gasteiger partial charge in [-0.05, 0) is 6.07 Å². The number of halogens is 1. The Bertz CT molecular complexity index is 519. The quantitative estimate of drug-likeness (QED) is 0.450. The number of carbonyl (C=O) groups is 1. The van der Waals surface area contributed by atoms with Gasteiger partial charge in [0.2, 0.25) is 5.91 Å². The number of fused-ring (bicyclic) bond motifs is 1. The normalized spacial score (nSPS) is 17.0. The molecule has 6 nitrogen and oxygen atoms in total. The maximum Gasteiger partial charge on any atom is 0.243 e. The van der Waals surface area contributed by atoms with Gasteiger partial charge in [-0.2, -0.15) is 0 Å². The van der Waals surface area contributed by atoms with Crippen LogP contribution in [0, 0.1) is 0 Å². The van der Waals surface area contributed by atoms with Gasteiger partial charge in [0.1, 0.15) is 12.3 Å². The van der Waals surface area contributed by atoms with Crippen LogP contribution in [0.4, 0.5) is 0 Å². The molecule has 116 valence electrons. The van der Waals surface area contributed by atoms with Gasteiger partial charge in [0, 0.05) is 26.1 Å². The second-order valence-electron chi connectivity index (χ2n) is 4.86. The molecule has 0 fully saturated rings. The SMILES string of the molecule is CN(C)C(=O)CN=C(N)NC1CCOc2ccccc21.I. The van der Waals surface area contributed by atoms with Gasteiger partial charge in [-0.1, -0.05) is 18.2 Å². The third kappa shape index (κ3) is 4.76. The van der Waals surface area contributed by atoms with E-state index in [1.54, 1.807) is 14.1 Å². The summed E-state index contributed by atoms with van der Waals surface area (Å²) in [4.78, 5) is 17.0. The smallest absolute Gasteiger partial charge is 0.243 e. The van der Waals surface area contributed by atoms with Crippen molar-refractivity contribution in [1.82, 2.24) is 10.2 Å². The van der Waals surface area contributed by atoms with Crippen molar-refractivity contribution in [1.29, 1.82) is 0 Å². The fourth-order valence-electron chi connectivity index (χ4n) is 2.01. The lowest BCUT2D eigenvalue weighted by Crippen LogP contribution is -2.38. The Morgan fingerprint density at radius 1 is 1.48 bits per heavy atom. The van der Waals surface area contributed by atoms with Crippen LogP contribution in [0.1, 0.15) is 18.0 Å². The Morgan fingerprint density at radius 2 is 2.19 bits per heavy atom. The monoisotopic (exact) mass is 404 g/mol. The van der Waals surface area contributed by atoms with Crippen LogP contribution >= 0.6 is 24.0 Å². The van der Waals surface area contributed by atoms with Crippen molar-refractivity contribution < 1.29 is 9.53 Å². The molecule has 1 aromatic rings. The van der Waals surface area contributed by atoms with E-state index >= 15 is 0 Å². The number of likely N-dealkylation sites (N-methyl/N-ethyl adjacent to an activating group) is 1. The summed E-state index contributed by atoms with van der Waals surface area (Å²) in [5.41, 5.74) is 6.90. The van der Waals surface area contributed by atoms with Crippen molar-refractivity contribution >= 4 is 35.8 Å². The molecule has 0 radical (unpaired) electrons. The van der Waals surface area contributed by atoms with E-state index in [1.807, 2.05) is 24.3 Å². The van der Waals surface area contributed by atoms with Crippen molar-refractivity contribution in [2.45, 2.75) is 12.5 Å². The minimum Gasteiger partial charge on any atom is -0.493 e. The lowest BCUT2D eigenvalue weighted by atomic mass is 10.0.